The second-order valence-electron chi connectivity index (χ2n) is 4.73. The number of hydrogen-bond acceptors (Lipinski definition) is 6. The van der Waals surface area contributed by atoms with Gasteiger partial charge in [0, 0.05) is 13.1 Å². The number of nitrogens with zero attached hydrogens (tertiary/aromatic N) is 4. The molecule has 0 saturated carbocycles. The van der Waals surface area contributed by atoms with Crippen LogP contribution in [0.1, 0.15) is 25.5 Å². The summed E-state index contributed by atoms with van der Waals surface area (Å²) in [4.78, 5) is 10.4. The summed E-state index contributed by atoms with van der Waals surface area (Å²) in [5.74, 6) is 0.676. The van der Waals surface area contributed by atoms with Gasteiger partial charge in [0.1, 0.15) is 11.5 Å². The highest BCUT2D eigenvalue weighted by Gasteiger charge is 2.27. The third-order valence-electron chi connectivity index (χ3n) is 3.17. The number of aromatic nitrogens is 2. The molecule has 0 radical (unpaired) electrons. The average Bonchev–Trinajstić information content (AvgIpc) is 2.38. The minimum Gasteiger partial charge on any atom is -0.409 e. The van der Waals surface area contributed by atoms with Crippen molar-refractivity contribution in [3.8, 4) is 0 Å². The summed E-state index contributed by atoms with van der Waals surface area (Å²) in [5.41, 5.74) is 5.16. The van der Waals surface area contributed by atoms with Gasteiger partial charge in [-0.1, -0.05) is 5.16 Å². The molecule has 1 aromatic rings. The maximum atomic E-state index is 9.87. The van der Waals surface area contributed by atoms with Gasteiger partial charge in [0.25, 0.3) is 0 Å². The molecule has 1 saturated heterocycles. The van der Waals surface area contributed by atoms with Gasteiger partial charge in [-0.25, -0.2) is 9.97 Å². The van der Waals surface area contributed by atoms with E-state index in [1.165, 1.54) is 6.20 Å². The first kappa shape index (κ1) is 12.6. The zero-order valence-electron chi connectivity index (χ0n) is 10.2. The monoisotopic (exact) mass is 251 g/mol. The van der Waals surface area contributed by atoms with E-state index in [4.69, 9.17) is 10.9 Å². The van der Waals surface area contributed by atoms with Crippen molar-refractivity contribution in [2.75, 3.05) is 18.0 Å². The molecule has 0 aliphatic carbocycles. The maximum Gasteiger partial charge on any atom is 0.190 e. The zero-order chi connectivity index (χ0) is 13.2. The molecular formula is C11H17N5O2. The number of piperidine rings is 1. The molecule has 2 rings (SSSR count). The Kier molecular flexibility index (Phi) is 3.33. The van der Waals surface area contributed by atoms with Gasteiger partial charge < -0.3 is 20.9 Å². The van der Waals surface area contributed by atoms with Gasteiger partial charge in [-0.05, 0) is 19.8 Å². The molecule has 0 spiro atoms. The van der Waals surface area contributed by atoms with E-state index in [1.807, 2.05) is 6.92 Å². The lowest BCUT2D eigenvalue weighted by Gasteiger charge is -2.36. The number of nitrogens with two attached hydrogens (primary N) is 1. The van der Waals surface area contributed by atoms with Crippen molar-refractivity contribution in [1.82, 2.24) is 9.97 Å². The van der Waals surface area contributed by atoms with Crippen molar-refractivity contribution in [2.45, 2.75) is 25.4 Å². The Balaban J connectivity index is 2.07. The van der Waals surface area contributed by atoms with E-state index in [2.05, 4.69) is 20.0 Å². The lowest BCUT2D eigenvalue weighted by atomic mass is 9.94. The fraction of sp³-hybridized carbons (Fsp3) is 0.545. The zero-order valence-corrected chi connectivity index (χ0v) is 10.2. The van der Waals surface area contributed by atoms with Gasteiger partial charge in [-0.3, -0.25) is 0 Å². The fourth-order valence-electron chi connectivity index (χ4n) is 1.89. The molecule has 7 nitrogen and oxygen atoms in total. The summed E-state index contributed by atoms with van der Waals surface area (Å²) in [6.45, 7) is 3.33. The van der Waals surface area contributed by atoms with Crippen LogP contribution in [0, 0.1) is 0 Å². The lowest BCUT2D eigenvalue weighted by molar-refractivity contribution is 0.0350. The first-order chi connectivity index (χ1) is 8.52. The number of anilines is 1. The van der Waals surface area contributed by atoms with Crippen LogP contribution in [0.5, 0.6) is 0 Å². The summed E-state index contributed by atoms with van der Waals surface area (Å²) in [6, 6.07) is 0. The lowest BCUT2D eigenvalue weighted by Crippen LogP contribution is -2.42. The highest BCUT2D eigenvalue weighted by atomic mass is 16.4. The van der Waals surface area contributed by atoms with Crippen molar-refractivity contribution in [2.24, 2.45) is 10.9 Å². The van der Waals surface area contributed by atoms with Crippen LogP contribution in [0.4, 0.5) is 5.82 Å². The Morgan fingerprint density at radius 1 is 1.39 bits per heavy atom. The summed E-state index contributed by atoms with van der Waals surface area (Å²) in [5, 5.41) is 21.3. The Hall–Kier alpha value is -1.89. The molecule has 98 valence electrons. The second kappa shape index (κ2) is 4.77. The largest absolute Gasteiger partial charge is 0.409 e. The molecule has 2 heterocycles. The van der Waals surface area contributed by atoms with Gasteiger partial charge in [0.2, 0.25) is 0 Å². The van der Waals surface area contributed by atoms with E-state index < -0.39 is 5.60 Å². The summed E-state index contributed by atoms with van der Waals surface area (Å²) >= 11 is 0. The van der Waals surface area contributed by atoms with E-state index >= 15 is 0 Å². The van der Waals surface area contributed by atoms with E-state index in [1.54, 1.807) is 6.20 Å². The minimum absolute atomic E-state index is 0.0596. The summed E-state index contributed by atoms with van der Waals surface area (Å²) in [7, 11) is 0. The van der Waals surface area contributed by atoms with E-state index in [-0.39, 0.29) is 5.84 Å². The fourth-order valence-corrected chi connectivity index (χ4v) is 1.89. The molecule has 0 aromatic carbocycles. The Morgan fingerprint density at radius 3 is 2.56 bits per heavy atom. The van der Waals surface area contributed by atoms with Crippen LogP contribution in [-0.2, 0) is 0 Å². The van der Waals surface area contributed by atoms with E-state index in [9.17, 15) is 5.11 Å². The number of amidine groups is 1. The first-order valence-corrected chi connectivity index (χ1v) is 5.79. The number of oxime groups is 1. The number of rotatable bonds is 2. The Labute approximate surface area is 105 Å². The molecule has 1 aliphatic heterocycles. The van der Waals surface area contributed by atoms with Crippen molar-refractivity contribution in [3.05, 3.63) is 18.1 Å². The van der Waals surface area contributed by atoms with Crippen LogP contribution in [0.15, 0.2) is 17.5 Å². The normalized spacial score (nSPS) is 19.9. The number of aliphatic hydroxyl groups is 1. The van der Waals surface area contributed by atoms with Crippen molar-refractivity contribution < 1.29 is 10.3 Å². The molecular weight excluding hydrogens is 234 g/mol. The molecule has 1 aliphatic rings. The van der Waals surface area contributed by atoms with Crippen LogP contribution >= 0.6 is 0 Å². The molecule has 0 unspecified atom stereocenters. The predicted octanol–water partition coefficient (Wildman–Crippen LogP) is -0.0777. The molecule has 4 N–H and O–H groups in total. The summed E-state index contributed by atoms with van der Waals surface area (Å²) in [6.07, 6.45) is 4.47. The molecule has 18 heavy (non-hydrogen) atoms. The highest BCUT2D eigenvalue weighted by molar-refractivity contribution is 5.94. The Morgan fingerprint density at radius 2 is 2.06 bits per heavy atom. The third-order valence-corrected chi connectivity index (χ3v) is 3.17. The second-order valence-corrected chi connectivity index (χ2v) is 4.73. The van der Waals surface area contributed by atoms with Gasteiger partial charge in [-0.15, -0.1) is 0 Å². The maximum absolute atomic E-state index is 9.87. The first-order valence-electron chi connectivity index (χ1n) is 5.79. The van der Waals surface area contributed by atoms with Crippen molar-refractivity contribution in [1.29, 1.82) is 0 Å². The summed E-state index contributed by atoms with van der Waals surface area (Å²) < 4.78 is 0. The standard InChI is InChI=1S/C11H17N5O2/c1-11(17)2-4-16(5-3-11)9-7-13-8(6-14-9)10(12)15-18/h6-7,17-18H,2-5H2,1H3,(H2,12,15). The molecule has 1 fully saturated rings. The van der Waals surface area contributed by atoms with Crippen LogP contribution in [0.2, 0.25) is 0 Å². The smallest absolute Gasteiger partial charge is 0.190 e. The minimum atomic E-state index is -0.585. The van der Waals surface area contributed by atoms with Crippen LogP contribution in [0.3, 0.4) is 0 Å². The third kappa shape index (κ3) is 2.67. The molecule has 0 atom stereocenters. The Bertz CT molecular complexity index is 433. The molecule has 1 aromatic heterocycles. The van der Waals surface area contributed by atoms with Gasteiger partial charge in [0.15, 0.2) is 5.84 Å². The SMILES string of the molecule is CC1(O)CCN(c2cnc(C(N)=NO)cn2)CC1. The average molecular weight is 251 g/mol. The quantitative estimate of drug-likeness (QED) is 0.294. The van der Waals surface area contributed by atoms with Crippen LogP contribution in [0.25, 0.3) is 0 Å². The molecule has 0 amide bonds. The van der Waals surface area contributed by atoms with E-state index in [0.29, 0.717) is 18.5 Å². The molecule has 7 heteroatoms. The van der Waals surface area contributed by atoms with Gasteiger partial charge in [0.05, 0.1) is 18.0 Å². The van der Waals surface area contributed by atoms with Gasteiger partial charge in [-0.2, -0.15) is 0 Å². The van der Waals surface area contributed by atoms with Crippen LogP contribution in [-0.4, -0.2) is 44.8 Å². The van der Waals surface area contributed by atoms with E-state index in [0.717, 1.165) is 18.9 Å². The van der Waals surface area contributed by atoms with Crippen molar-refractivity contribution >= 4 is 11.7 Å². The van der Waals surface area contributed by atoms with Gasteiger partial charge >= 0.3 is 0 Å². The topological polar surface area (TPSA) is 108 Å². The predicted molar refractivity (Wildman–Crippen MR) is 66.6 cm³/mol. The highest BCUT2D eigenvalue weighted by Crippen LogP contribution is 2.24. The molecule has 0 bridgehead atoms. The van der Waals surface area contributed by atoms with Crippen molar-refractivity contribution in [3.63, 3.8) is 0 Å². The van der Waals surface area contributed by atoms with Crippen LogP contribution < -0.4 is 10.6 Å². The number of hydrogen-bond donors (Lipinski definition) is 3.